The van der Waals surface area contributed by atoms with Gasteiger partial charge in [-0.15, -0.1) is 0 Å². The van der Waals surface area contributed by atoms with Crippen LogP contribution in [-0.2, 0) is 0 Å². The van der Waals surface area contributed by atoms with Gasteiger partial charge in [-0.25, -0.2) is 0 Å². The van der Waals surface area contributed by atoms with Gasteiger partial charge in [-0.2, -0.15) is 5.26 Å². The van der Waals surface area contributed by atoms with E-state index in [4.69, 9.17) is 0 Å². The van der Waals surface area contributed by atoms with Crippen molar-refractivity contribution >= 4 is 6.08 Å². The van der Waals surface area contributed by atoms with Crippen LogP contribution in [0, 0.1) is 11.3 Å². The molecule has 3 rings (SSSR count). The third kappa shape index (κ3) is 4.67. The highest BCUT2D eigenvalue weighted by Gasteiger charge is 2.16. The molecule has 0 bridgehead atoms. The average Bonchev–Trinajstić information content (AvgIpc) is 2.70. The molecule has 0 aromatic heterocycles. The van der Waals surface area contributed by atoms with Crippen LogP contribution in [0.2, 0.25) is 0 Å². The molecule has 0 amide bonds. The van der Waals surface area contributed by atoms with E-state index in [2.05, 4.69) is 35.7 Å². The van der Waals surface area contributed by atoms with E-state index in [-0.39, 0.29) is 12.1 Å². The van der Waals surface area contributed by atoms with Crippen LogP contribution in [-0.4, -0.2) is 6.04 Å². The summed E-state index contributed by atoms with van der Waals surface area (Å²) in [7, 11) is 0. The average molecular weight is 324 g/mol. The smallest absolute Gasteiger partial charge is 0.115 e. The second-order valence-corrected chi connectivity index (χ2v) is 5.80. The minimum Gasteiger partial charge on any atom is -0.288 e. The molecular weight excluding hydrogens is 304 g/mol. The highest BCUT2D eigenvalue weighted by molar-refractivity contribution is 5.50. The van der Waals surface area contributed by atoms with E-state index in [0.717, 1.165) is 16.7 Å². The molecule has 3 aromatic carbocycles. The summed E-state index contributed by atoms with van der Waals surface area (Å²) >= 11 is 0. The van der Waals surface area contributed by atoms with Crippen LogP contribution in [0.1, 0.15) is 22.7 Å². The first kappa shape index (κ1) is 16.7. The summed E-state index contributed by atoms with van der Waals surface area (Å²) in [6.45, 7) is 0. The fourth-order valence-electron chi connectivity index (χ4n) is 2.76. The maximum atomic E-state index is 9.58. The van der Waals surface area contributed by atoms with Gasteiger partial charge in [0.25, 0.3) is 0 Å². The van der Waals surface area contributed by atoms with Gasteiger partial charge in [-0.1, -0.05) is 103 Å². The summed E-state index contributed by atoms with van der Waals surface area (Å²) in [6.07, 6.45) is 3.89. The summed E-state index contributed by atoms with van der Waals surface area (Å²) in [5.74, 6) is 0. The van der Waals surface area contributed by atoms with Gasteiger partial charge in [0.1, 0.15) is 6.04 Å². The van der Waals surface area contributed by atoms with Gasteiger partial charge in [0.05, 0.1) is 12.1 Å². The molecule has 2 heteroatoms. The quantitative estimate of drug-likeness (QED) is 0.695. The Hall–Kier alpha value is -3.15. The van der Waals surface area contributed by atoms with Crippen molar-refractivity contribution in [3.63, 3.8) is 0 Å². The zero-order valence-electron chi connectivity index (χ0n) is 13.9. The summed E-state index contributed by atoms with van der Waals surface area (Å²) in [4.78, 5) is 0. The Morgan fingerprint density at radius 3 is 1.68 bits per heavy atom. The van der Waals surface area contributed by atoms with E-state index in [9.17, 15) is 5.26 Å². The molecule has 25 heavy (non-hydrogen) atoms. The lowest BCUT2D eigenvalue weighted by atomic mass is 9.98. The second kappa shape index (κ2) is 8.63. The molecule has 0 radical (unpaired) electrons. The van der Waals surface area contributed by atoms with Crippen LogP contribution in [0.5, 0.6) is 0 Å². The molecule has 1 unspecified atom stereocenters. The van der Waals surface area contributed by atoms with E-state index in [1.165, 1.54) is 0 Å². The van der Waals surface area contributed by atoms with Crippen molar-refractivity contribution in [2.75, 3.05) is 0 Å². The maximum Gasteiger partial charge on any atom is 0.115 e. The van der Waals surface area contributed by atoms with E-state index in [1.54, 1.807) is 0 Å². The number of nitrogens with one attached hydrogen (secondary N) is 1. The molecule has 2 nitrogen and oxygen atoms in total. The molecule has 1 atom stereocenters. The summed E-state index contributed by atoms with van der Waals surface area (Å²) < 4.78 is 0. The first-order chi connectivity index (χ1) is 12.4. The van der Waals surface area contributed by atoms with Crippen molar-refractivity contribution in [3.8, 4) is 6.07 Å². The Morgan fingerprint density at radius 2 is 1.20 bits per heavy atom. The van der Waals surface area contributed by atoms with Gasteiger partial charge in [0, 0.05) is 0 Å². The minimum atomic E-state index is -0.384. The van der Waals surface area contributed by atoms with Crippen LogP contribution in [0.25, 0.3) is 6.08 Å². The second-order valence-electron chi connectivity index (χ2n) is 5.80. The molecule has 0 saturated heterocycles. The lowest BCUT2D eigenvalue weighted by Crippen LogP contribution is -2.31. The Bertz CT molecular complexity index is 794. The van der Waals surface area contributed by atoms with Crippen molar-refractivity contribution in [2.45, 2.75) is 12.1 Å². The number of hydrogen-bond acceptors (Lipinski definition) is 2. The van der Waals surface area contributed by atoms with Crippen LogP contribution >= 0.6 is 0 Å². The molecule has 1 N–H and O–H groups in total. The Morgan fingerprint density at radius 1 is 0.720 bits per heavy atom. The Labute approximate surface area is 149 Å². The third-order valence-electron chi connectivity index (χ3n) is 4.03. The highest BCUT2D eigenvalue weighted by atomic mass is 14.9. The van der Waals surface area contributed by atoms with Crippen molar-refractivity contribution in [3.05, 3.63) is 114 Å². The van der Waals surface area contributed by atoms with Gasteiger partial charge in [-0.05, 0) is 16.7 Å². The predicted molar refractivity (Wildman–Crippen MR) is 103 cm³/mol. The highest BCUT2D eigenvalue weighted by Crippen LogP contribution is 2.22. The third-order valence-corrected chi connectivity index (χ3v) is 4.03. The van der Waals surface area contributed by atoms with E-state index in [1.807, 2.05) is 78.9 Å². The molecule has 0 aliphatic rings. The number of nitrogens with zero attached hydrogens (tertiary/aromatic N) is 1. The van der Waals surface area contributed by atoms with E-state index >= 15 is 0 Å². The molecule has 3 aromatic rings. The van der Waals surface area contributed by atoms with Gasteiger partial charge in [0.2, 0.25) is 0 Å². The van der Waals surface area contributed by atoms with E-state index in [0.29, 0.717) is 0 Å². The van der Waals surface area contributed by atoms with Gasteiger partial charge >= 0.3 is 0 Å². The fourth-order valence-corrected chi connectivity index (χ4v) is 2.76. The fraction of sp³-hybridized carbons (Fsp3) is 0.0870. The molecule has 0 saturated carbocycles. The van der Waals surface area contributed by atoms with Gasteiger partial charge in [0.15, 0.2) is 0 Å². The summed E-state index contributed by atoms with van der Waals surface area (Å²) in [6, 6.07) is 32.4. The van der Waals surface area contributed by atoms with E-state index < -0.39 is 0 Å². The van der Waals surface area contributed by atoms with Crippen LogP contribution in [0.15, 0.2) is 97.1 Å². The number of benzene rings is 3. The maximum absolute atomic E-state index is 9.58. The largest absolute Gasteiger partial charge is 0.288 e. The van der Waals surface area contributed by atoms with Crippen molar-refractivity contribution < 1.29 is 0 Å². The number of rotatable bonds is 6. The van der Waals surface area contributed by atoms with Crippen LogP contribution in [0.3, 0.4) is 0 Å². The normalized spacial score (nSPS) is 12.2. The first-order valence-electron chi connectivity index (χ1n) is 8.35. The monoisotopic (exact) mass is 324 g/mol. The lowest BCUT2D eigenvalue weighted by molar-refractivity contribution is 0.600. The summed E-state index contributed by atoms with van der Waals surface area (Å²) in [5, 5.41) is 13.0. The molecule has 0 aliphatic heterocycles. The first-order valence-corrected chi connectivity index (χ1v) is 8.35. The van der Waals surface area contributed by atoms with Crippen molar-refractivity contribution in [2.24, 2.45) is 0 Å². The van der Waals surface area contributed by atoms with Gasteiger partial charge < -0.3 is 0 Å². The number of hydrogen-bond donors (Lipinski definition) is 1. The number of nitriles is 1. The van der Waals surface area contributed by atoms with Crippen molar-refractivity contribution in [1.29, 1.82) is 5.26 Å². The Balaban J connectivity index is 1.84. The zero-order valence-corrected chi connectivity index (χ0v) is 13.9. The molecule has 0 fully saturated rings. The molecule has 0 heterocycles. The predicted octanol–water partition coefficient (Wildman–Crippen LogP) is 4.97. The molecule has 0 spiro atoms. The summed E-state index contributed by atoms with van der Waals surface area (Å²) in [5.41, 5.74) is 3.37. The SMILES string of the molecule is N#CC(C=Cc1ccccc1)NC(c1ccccc1)c1ccccc1. The van der Waals surface area contributed by atoms with Crippen LogP contribution < -0.4 is 5.32 Å². The Kier molecular flexibility index (Phi) is 5.77. The van der Waals surface area contributed by atoms with Crippen molar-refractivity contribution in [1.82, 2.24) is 5.32 Å². The zero-order chi connectivity index (χ0) is 17.3. The standard InChI is InChI=1S/C23H20N2/c24-18-22(17-16-19-10-4-1-5-11-19)25-23(20-12-6-2-7-13-20)21-14-8-3-9-15-21/h1-17,22-23,25H. The molecule has 0 aliphatic carbocycles. The lowest BCUT2D eigenvalue weighted by Gasteiger charge is -2.21. The van der Waals surface area contributed by atoms with Gasteiger partial charge in [-0.3, -0.25) is 5.32 Å². The minimum absolute atomic E-state index is 0.0347. The molecular formula is C23H20N2. The molecule has 122 valence electrons. The topological polar surface area (TPSA) is 35.8 Å². The van der Waals surface area contributed by atoms with Crippen LogP contribution in [0.4, 0.5) is 0 Å².